The van der Waals surface area contributed by atoms with Crippen LogP contribution < -0.4 is 5.73 Å². The summed E-state index contributed by atoms with van der Waals surface area (Å²) in [6.45, 7) is 0. The largest absolute Gasteiger partial charge is 0.593 e. The fourth-order valence-electron chi connectivity index (χ4n) is 2.55. The molecule has 0 aliphatic carbocycles. The summed E-state index contributed by atoms with van der Waals surface area (Å²) in [5, 5.41) is 16.1. The van der Waals surface area contributed by atoms with E-state index in [2.05, 4.69) is 4.98 Å². The Kier molecular flexibility index (Phi) is 5.12. The Bertz CT molecular complexity index is 946. The van der Waals surface area contributed by atoms with E-state index in [-0.39, 0.29) is 29.5 Å². The van der Waals surface area contributed by atoms with Gasteiger partial charge in [-0.05, 0) is 42.0 Å². The van der Waals surface area contributed by atoms with Gasteiger partial charge in [0.1, 0.15) is 28.7 Å². The van der Waals surface area contributed by atoms with Crippen molar-refractivity contribution in [3.8, 4) is 0 Å². The normalized spacial score (nSPS) is 11.5. The fraction of sp³-hybridized carbons (Fsp3) is 0.100. The molecule has 0 spiro atoms. The zero-order chi connectivity index (χ0) is 18.5. The second-order valence-electron chi connectivity index (χ2n) is 5.87. The Balaban J connectivity index is 1.65. The van der Waals surface area contributed by atoms with Gasteiger partial charge in [0.2, 0.25) is 0 Å². The average molecular weight is 352 g/mol. The lowest BCUT2D eigenvalue weighted by Crippen LogP contribution is -2.01. The third-order valence-electron chi connectivity index (χ3n) is 3.82. The van der Waals surface area contributed by atoms with E-state index >= 15 is 0 Å². The highest BCUT2D eigenvalue weighted by molar-refractivity contribution is 5.99. The quantitative estimate of drug-likeness (QED) is 0.404. The van der Waals surface area contributed by atoms with Crippen molar-refractivity contribution in [2.45, 2.75) is 12.8 Å². The third-order valence-corrected chi connectivity index (χ3v) is 3.82. The molecule has 1 aromatic carbocycles. The summed E-state index contributed by atoms with van der Waals surface area (Å²) in [5.74, 6) is 1.51. The van der Waals surface area contributed by atoms with Crippen molar-refractivity contribution in [3.05, 3.63) is 89.3 Å². The Morgan fingerprint density at radius 3 is 2.62 bits per heavy atom. The summed E-state index contributed by atoms with van der Waals surface area (Å²) >= 11 is 0. The molecule has 0 atom stereocenters. The van der Waals surface area contributed by atoms with Gasteiger partial charge >= 0.3 is 0 Å². The molecule has 5 N–H and O–H groups in total. The van der Waals surface area contributed by atoms with Crippen LogP contribution in [0.3, 0.4) is 0 Å². The van der Waals surface area contributed by atoms with Gasteiger partial charge in [-0.2, -0.15) is 0 Å². The van der Waals surface area contributed by atoms with Crippen molar-refractivity contribution in [1.29, 1.82) is 5.41 Å². The molecule has 0 saturated carbocycles. The molecule has 0 bridgehead atoms. The van der Waals surface area contributed by atoms with E-state index in [0.717, 1.165) is 11.3 Å². The van der Waals surface area contributed by atoms with Gasteiger partial charge in [0.05, 0.1) is 6.08 Å². The van der Waals surface area contributed by atoms with Gasteiger partial charge in [0, 0.05) is 24.8 Å². The smallest absolute Gasteiger partial charge is 0.266 e. The Morgan fingerprint density at radius 2 is 1.88 bits per heavy atom. The first-order valence-electron chi connectivity index (χ1n) is 8.05. The highest BCUT2D eigenvalue weighted by Crippen LogP contribution is 2.18. The number of nitrogens with one attached hydrogen (secondary N) is 1. The molecule has 0 aliphatic heterocycles. The molecule has 132 valence electrons. The minimum Gasteiger partial charge on any atom is -0.593 e. The predicted octanol–water partition coefficient (Wildman–Crippen LogP) is 3.31. The number of halogens is 1. The van der Waals surface area contributed by atoms with Crippen LogP contribution >= 0.6 is 0 Å². The van der Waals surface area contributed by atoms with Crippen LogP contribution in [0.1, 0.15) is 22.6 Å². The van der Waals surface area contributed by atoms with Gasteiger partial charge in [-0.3, -0.25) is 0 Å². The van der Waals surface area contributed by atoms with Crippen molar-refractivity contribution >= 4 is 17.3 Å². The number of nitrogen functional groups attached to an aromatic ring is 1. The number of nitrogens with two attached hydrogens (primary N) is 1. The van der Waals surface area contributed by atoms with Crippen molar-refractivity contribution < 1.29 is 13.9 Å². The molecule has 3 aromatic rings. The van der Waals surface area contributed by atoms with Crippen LogP contribution in [0.25, 0.3) is 5.76 Å². The van der Waals surface area contributed by atoms with Gasteiger partial charge < -0.3 is 20.7 Å². The van der Waals surface area contributed by atoms with Gasteiger partial charge in [0.25, 0.3) is 5.76 Å². The zero-order valence-corrected chi connectivity index (χ0v) is 14.0. The van der Waals surface area contributed by atoms with Gasteiger partial charge in [-0.15, -0.1) is 0 Å². The summed E-state index contributed by atoms with van der Waals surface area (Å²) in [4.78, 5) is 3.94. The van der Waals surface area contributed by atoms with Crippen LogP contribution in [0.2, 0.25) is 0 Å². The molecule has 6 heteroatoms. The first-order chi connectivity index (χ1) is 12.5. The lowest BCUT2D eigenvalue weighted by Gasteiger charge is -2.01. The third kappa shape index (κ3) is 4.36. The Hall–Kier alpha value is -3.41. The van der Waals surface area contributed by atoms with Crippen LogP contribution in [-0.4, -0.2) is 15.8 Å². The molecular weight excluding hydrogens is 333 g/mol. The van der Waals surface area contributed by atoms with Crippen molar-refractivity contribution in [3.63, 3.8) is 0 Å². The molecule has 5 nitrogen and oxygen atoms in total. The number of allylic oxidation sites excluding steroid dienone is 1. The van der Waals surface area contributed by atoms with Gasteiger partial charge in [0.15, 0.2) is 0 Å². The minimum absolute atomic E-state index is 0.138. The Labute approximate surface area is 150 Å². The molecule has 0 unspecified atom stereocenters. The second kappa shape index (κ2) is 7.65. The number of aromatic nitrogens is 1. The molecule has 0 saturated heterocycles. The number of benzene rings is 1. The molecule has 0 aliphatic rings. The first-order valence-corrected chi connectivity index (χ1v) is 8.05. The molecule has 0 radical (unpaired) electrons. The summed E-state index contributed by atoms with van der Waals surface area (Å²) in [6.07, 6.45) is 3.82. The molecular formula is C20H19FN3O2+. The lowest BCUT2D eigenvalue weighted by atomic mass is 10.1. The zero-order valence-electron chi connectivity index (χ0n) is 14.0. The van der Waals surface area contributed by atoms with E-state index in [9.17, 15) is 4.39 Å². The minimum atomic E-state index is -0.269. The number of rotatable bonds is 6. The molecule has 26 heavy (non-hydrogen) atoms. The summed E-state index contributed by atoms with van der Waals surface area (Å²) in [7, 11) is 0. The van der Waals surface area contributed by atoms with Crippen LogP contribution in [-0.2, 0) is 12.8 Å². The molecule has 2 aromatic heterocycles. The van der Waals surface area contributed by atoms with E-state index in [0.29, 0.717) is 17.7 Å². The number of anilines is 1. The van der Waals surface area contributed by atoms with E-state index in [1.165, 1.54) is 18.2 Å². The standard InChI is InChI=1S/C20H18FN3O2/c21-14-5-3-13(4-6-14)10-16-7-8-17(26-16)11-15(22)12-19(25)18-2-1-9-24-20(18)23/h1-9,12,22,25H,10-11H2,(H2,23,24)/p+1/b19-12-,22-15?. The van der Waals surface area contributed by atoms with Crippen molar-refractivity contribution in [2.75, 3.05) is 5.73 Å². The van der Waals surface area contributed by atoms with E-state index in [1.54, 1.807) is 30.5 Å². The summed E-state index contributed by atoms with van der Waals surface area (Å²) < 4.78 is 18.7. The summed E-state index contributed by atoms with van der Waals surface area (Å²) in [5.41, 5.74) is 7.43. The number of pyridine rings is 1. The molecule has 2 heterocycles. The number of furan rings is 1. The van der Waals surface area contributed by atoms with E-state index < -0.39 is 0 Å². The van der Waals surface area contributed by atoms with E-state index in [4.69, 9.17) is 20.7 Å². The second-order valence-corrected chi connectivity index (χ2v) is 5.87. The number of hydrogen-bond donors (Lipinski definition) is 2. The van der Waals surface area contributed by atoms with Crippen LogP contribution in [0.15, 0.2) is 65.2 Å². The van der Waals surface area contributed by atoms with Gasteiger partial charge in [-0.1, -0.05) is 12.1 Å². The van der Waals surface area contributed by atoms with Crippen molar-refractivity contribution in [1.82, 2.24) is 4.98 Å². The average Bonchev–Trinajstić information content (AvgIpc) is 3.04. The molecule has 0 fully saturated rings. The number of hydrogen-bond acceptors (Lipinski definition) is 4. The van der Waals surface area contributed by atoms with Gasteiger partial charge in [-0.25, -0.2) is 9.37 Å². The molecule has 0 amide bonds. The topological polar surface area (TPSA) is 98.8 Å². The number of nitrogens with zero attached hydrogens (tertiary/aromatic N) is 1. The van der Waals surface area contributed by atoms with E-state index in [1.807, 2.05) is 12.1 Å². The SMILES string of the molecule is N=C(/C=C(\[OH2+])c1cccnc1N)Cc1ccc(Cc2ccc(F)cc2)o1. The maximum atomic E-state index is 12.9. The maximum absolute atomic E-state index is 12.9. The Morgan fingerprint density at radius 1 is 1.15 bits per heavy atom. The van der Waals surface area contributed by atoms with Crippen LogP contribution in [0.4, 0.5) is 10.2 Å². The predicted molar refractivity (Wildman–Crippen MR) is 99.6 cm³/mol. The summed E-state index contributed by atoms with van der Waals surface area (Å²) in [6, 6.07) is 13.3. The highest BCUT2D eigenvalue weighted by atomic mass is 19.1. The van der Waals surface area contributed by atoms with Crippen LogP contribution in [0, 0.1) is 11.2 Å². The first kappa shape index (κ1) is 17.4. The van der Waals surface area contributed by atoms with Crippen molar-refractivity contribution in [2.24, 2.45) is 0 Å². The maximum Gasteiger partial charge on any atom is 0.266 e. The monoisotopic (exact) mass is 352 g/mol. The fourth-order valence-corrected chi connectivity index (χ4v) is 2.55. The highest BCUT2D eigenvalue weighted by Gasteiger charge is 2.12. The molecule has 3 rings (SSSR count). The van der Waals surface area contributed by atoms with Crippen LogP contribution in [0.5, 0.6) is 0 Å². The lowest BCUT2D eigenvalue weighted by molar-refractivity contribution is 0.486.